The van der Waals surface area contributed by atoms with Gasteiger partial charge in [0.15, 0.2) is 0 Å². The van der Waals surface area contributed by atoms with E-state index < -0.39 is 0 Å². The van der Waals surface area contributed by atoms with Gasteiger partial charge >= 0.3 is 117 Å². The van der Waals surface area contributed by atoms with Crippen molar-refractivity contribution in [1.82, 2.24) is 3.56 Å². The second-order valence-electron chi connectivity index (χ2n) is 3.86. The van der Waals surface area contributed by atoms with E-state index in [-0.39, 0.29) is 14.7 Å². The van der Waals surface area contributed by atoms with Crippen LogP contribution in [-0.2, 0) is 0 Å². The molecule has 3 aromatic rings. The van der Waals surface area contributed by atoms with Gasteiger partial charge in [0.1, 0.15) is 0 Å². The van der Waals surface area contributed by atoms with Crippen LogP contribution in [0.15, 0.2) is 48.5 Å². The number of methoxy groups -OCH3 is 1. The van der Waals surface area contributed by atoms with Crippen molar-refractivity contribution in [3.63, 3.8) is 0 Å². The van der Waals surface area contributed by atoms with Crippen molar-refractivity contribution < 1.29 is 4.74 Å². The van der Waals surface area contributed by atoms with Crippen LogP contribution in [0, 0.1) is 4.64 Å². The molecule has 0 aliphatic heterocycles. The first-order valence-corrected chi connectivity index (χ1v) is 7.59. The molecule has 3 rings (SSSR count). The quantitative estimate of drug-likeness (QED) is 0.530. The van der Waals surface area contributed by atoms with Gasteiger partial charge in [-0.2, -0.15) is 0 Å². The first-order chi connectivity index (χ1) is 8.81. The molecule has 4 heteroatoms. The third kappa shape index (κ3) is 1.83. The Kier molecular flexibility index (Phi) is 3.08. The number of aromatic nitrogens is 1. The van der Waals surface area contributed by atoms with Crippen LogP contribution < -0.4 is 4.74 Å². The normalized spacial score (nSPS) is 10.7. The number of rotatable bonds is 2. The predicted octanol–water partition coefficient (Wildman–Crippen LogP) is 3.43. The summed E-state index contributed by atoms with van der Waals surface area (Å²) in [5.74, 6) is 0.870. The molecule has 0 N–H and O–H groups in total. The molecule has 0 aliphatic carbocycles. The van der Waals surface area contributed by atoms with Gasteiger partial charge in [0.05, 0.1) is 0 Å². The topological polar surface area (TPSA) is 14.2 Å². The van der Waals surface area contributed by atoms with E-state index in [1.807, 2.05) is 24.3 Å². The van der Waals surface area contributed by atoms with Crippen molar-refractivity contribution in [2.75, 3.05) is 7.11 Å². The first kappa shape index (κ1) is 11.7. The summed E-state index contributed by atoms with van der Waals surface area (Å²) >= 11 is 5.77. The monoisotopic (exact) mass is 321 g/mol. The molecular weight excluding hydrogens is 309 g/mol. The molecule has 0 radical (unpaired) electrons. The summed E-state index contributed by atoms with van der Waals surface area (Å²) in [4.78, 5) is 0. The van der Waals surface area contributed by atoms with Crippen molar-refractivity contribution >= 4 is 36.6 Å². The second kappa shape index (κ2) is 4.73. The Bertz CT molecular complexity index is 760. The molecule has 0 saturated carbocycles. The molecule has 1 aromatic heterocycles. The van der Waals surface area contributed by atoms with Crippen molar-refractivity contribution in [3.8, 4) is 11.4 Å². The van der Waals surface area contributed by atoms with E-state index in [1.54, 1.807) is 7.11 Å². The van der Waals surface area contributed by atoms with E-state index in [0.29, 0.717) is 0 Å². The summed E-state index contributed by atoms with van der Waals surface area (Å²) in [6.07, 6.45) is 0. The number of hydrogen-bond acceptors (Lipinski definition) is 2. The fraction of sp³-hybridized carbons (Fsp3) is 0.0714. The van der Waals surface area contributed by atoms with E-state index in [9.17, 15) is 0 Å². The molecule has 0 unspecified atom stereocenters. The molecule has 0 saturated heterocycles. The maximum atomic E-state index is 5.57. The average molecular weight is 320 g/mol. The zero-order valence-electron chi connectivity index (χ0n) is 9.79. The number of hydrogen-bond donors (Lipinski definition) is 0. The molecule has 1 heterocycles. The third-order valence-corrected chi connectivity index (χ3v) is 5.80. The Morgan fingerprint density at radius 2 is 1.78 bits per heavy atom. The first-order valence-electron chi connectivity index (χ1n) is 5.56. The molecule has 0 bridgehead atoms. The minimum absolute atomic E-state index is 0.197. The number of fused-ring (bicyclic) bond motifs is 1. The number of para-hydroxylation sites is 2. The summed E-state index contributed by atoms with van der Waals surface area (Å²) in [5, 5.41) is 1.18. The van der Waals surface area contributed by atoms with Crippen LogP contribution in [0.4, 0.5) is 0 Å². The molecule has 2 nitrogen and oxygen atoms in total. The molecule has 90 valence electrons. The van der Waals surface area contributed by atoms with Gasteiger partial charge in [-0.05, 0) is 0 Å². The Balaban J connectivity index is 2.32. The Hall–Kier alpha value is -1.35. The fourth-order valence-electron chi connectivity index (χ4n) is 1.93. The standard InChI is InChI=1S/C14H11NOSSe/c1-16-12-8-4-3-7-11(12)15-14(17)10-6-2-5-9-13(10)18-15/h2-9H,1H3. The molecule has 0 fully saturated rings. The molecule has 2 aromatic carbocycles. The van der Waals surface area contributed by atoms with Crippen LogP contribution in [0.1, 0.15) is 0 Å². The SMILES string of the molecule is COc1ccccc1-n1[se]c2ccccc2c1=S. The molecule has 0 atom stereocenters. The zero-order valence-corrected chi connectivity index (χ0v) is 12.3. The molecular formula is C14H11NOSSe. The average Bonchev–Trinajstić information content (AvgIpc) is 2.76. The number of benzene rings is 2. The van der Waals surface area contributed by atoms with E-state index in [0.717, 1.165) is 16.1 Å². The van der Waals surface area contributed by atoms with Crippen LogP contribution in [-0.4, -0.2) is 25.4 Å². The van der Waals surface area contributed by atoms with E-state index in [1.165, 1.54) is 9.65 Å². The van der Waals surface area contributed by atoms with Crippen LogP contribution in [0.2, 0.25) is 0 Å². The van der Waals surface area contributed by atoms with Crippen LogP contribution >= 0.6 is 12.2 Å². The summed E-state index contributed by atoms with van der Waals surface area (Å²) in [7, 11) is 1.69. The Morgan fingerprint density at radius 1 is 1.06 bits per heavy atom. The number of ether oxygens (including phenoxy) is 1. The Labute approximate surface area is 116 Å². The summed E-state index contributed by atoms with van der Waals surface area (Å²) in [6, 6.07) is 16.4. The van der Waals surface area contributed by atoms with E-state index in [2.05, 4.69) is 27.8 Å². The zero-order chi connectivity index (χ0) is 12.5. The predicted molar refractivity (Wildman–Crippen MR) is 77.6 cm³/mol. The summed E-state index contributed by atoms with van der Waals surface area (Å²) in [5.41, 5.74) is 1.06. The van der Waals surface area contributed by atoms with Crippen LogP contribution in [0.25, 0.3) is 15.3 Å². The third-order valence-electron chi connectivity index (χ3n) is 2.80. The van der Waals surface area contributed by atoms with Gasteiger partial charge in [-0.1, -0.05) is 0 Å². The maximum absolute atomic E-state index is 5.57. The summed E-state index contributed by atoms with van der Waals surface area (Å²) < 4.78 is 9.83. The minimum atomic E-state index is 0.197. The van der Waals surface area contributed by atoms with Crippen LogP contribution in [0.5, 0.6) is 5.75 Å². The van der Waals surface area contributed by atoms with Gasteiger partial charge in [-0.25, -0.2) is 0 Å². The molecule has 18 heavy (non-hydrogen) atoms. The number of nitrogens with zero attached hydrogens (tertiary/aromatic N) is 1. The molecule has 0 spiro atoms. The van der Waals surface area contributed by atoms with Gasteiger partial charge < -0.3 is 0 Å². The Morgan fingerprint density at radius 3 is 2.56 bits per heavy atom. The van der Waals surface area contributed by atoms with Crippen molar-refractivity contribution in [1.29, 1.82) is 0 Å². The fourth-order valence-corrected chi connectivity index (χ4v) is 4.70. The van der Waals surface area contributed by atoms with Crippen molar-refractivity contribution in [3.05, 3.63) is 53.2 Å². The van der Waals surface area contributed by atoms with Gasteiger partial charge in [0, 0.05) is 0 Å². The van der Waals surface area contributed by atoms with E-state index >= 15 is 0 Å². The van der Waals surface area contributed by atoms with E-state index in [4.69, 9.17) is 17.0 Å². The van der Waals surface area contributed by atoms with Crippen LogP contribution in [0.3, 0.4) is 0 Å². The molecule has 0 aliphatic rings. The second-order valence-corrected chi connectivity index (χ2v) is 6.32. The van der Waals surface area contributed by atoms with Gasteiger partial charge in [-0.3, -0.25) is 0 Å². The van der Waals surface area contributed by atoms with Crippen molar-refractivity contribution in [2.45, 2.75) is 0 Å². The van der Waals surface area contributed by atoms with Crippen molar-refractivity contribution in [2.24, 2.45) is 0 Å². The van der Waals surface area contributed by atoms with Gasteiger partial charge in [-0.15, -0.1) is 0 Å². The molecule has 0 amide bonds. The van der Waals surface area contributed by atoms with Gasteiger partial charge in [0.25, 0.3) is 0 Å². The van der Waals surface area contributed by atoms with Gasteiger partial charge in [0.2, 0.25) is 0 Å². The summed E-state index contributed by atoms with van der Waals surface area (Å²) in [6.45, 7) is 0.